The van der Waals surface area contributed by atoms with Crippen LogP contribution in [0, 0.1) is 6.92 Å². The SMILES string of the molecule is Cc1cc(Cl)cc(-n2ccc(C(C)C)n2)n1. The molecule has 0 unspecified atom stereocenters. The summed E-state index contributed by atoms with van der Waals surface area (Å²) in [6.07, 6.45) is 1.91. The number of aryl methyl sites for hydroxylation is 1. The van der Waals surface area contributed by atoms with E-state index in [1.807, 2.05) is 31.3 Å². The minimum absolute atomic E-state index is 0.418. The Bertz CT molecular complexity index is 482. The van der Waals surface area contributed by atoms with E-state index >= 15 is 0 Å². The predicted octanol–water partition coefficient (Wildman–Crippen LogP) is 3.35. The van der Waals surface area contributed by atoms with Gasteiger partial charge in [-0.15, -0.1) is 0 Å². The molecular weight excluding hydrogens is 222 g/mol. The van der Waals surface area contributed by atoms with E-state index in [1.165, 1.54) is 0 Å². The van der Waals surface area contributed by atoms with E-state index in [0.717, 1.165) is 17.2 Å². The van der Waals surface area contributed by atoms with Gasteiger partial charge in [0.1, 0.15) is 0 Å². The molecule has 0 radical (unpaired) electrons. The fourth-order valence-electron chi connectivity index (χ4n) is 1.50. The molecule has 2 rings (SSSR count). The predicted molar refractivity (Wildman–Crippen MR) is 65.2 cm³/mol. The summed E-state index contributed by atoms with van der Waals surface area (Å²) in [6.45, 7) is 6.15. The van der Waals surface area contributed by atoms with Crippen molar-refractivity contribution in [2.75, 3.05) is 0 Å². The van der Waals surface area contributed by atoms with Gasteiger partial charge < -0.3 is 0 Å². The molecule has 16 heavy (non-hydrogen) atoms. The van der Waals surface area contributed by atoms with Crippen molar-refractivity contribution in [3.63, 3.8) is 0 Å². The Morgan fingerprint density at radius 2 is 2.06 bits per heavy atom. The first-order chi connectivity index (χ1) is 7.56. The maximum absolute atomic E-state index is 5.99. The van der Waals surface area contributed by atoms with Crippen LogP contribution in [0.2, 0.25) is 5.02 Å². The zero-order chi connectivity index (χ0) is 11.7. The van der Waals surface area contributed by atoms with Crippen molar-refractivity contribution >= 4 is 11.6 Å². The van der Waals surface area contributed by atoms with Crippen LogP contribution >= 0.6 is 11.6 Å². The summed E-state index contributed by atoms with van der Waals surface area (Å²) < 4.78 is 1.76. The van der Waals surface area contributed by atoms with Gasteiger partial charge in [-0.25, -0.2) is 9.67 Å². The van der Waals surface area contributed by atoms with Gasteiger partial charge in [0.2, 0.25) is 0 Å². The third-order valence-corrected chi connectivity index (χ3v) is 2.56. The summed E-state index contributed by atoms with van der Waals surface area (Å²) in [4.78, 5) is 4.39. The third-order valence-electron chi connectivity index (χ3n) is 2.34. The van der Waals surface area contributed by atoms with Gasteiger partial charge in [0.15, 0.2) is 5.82 Å². The van der Waals surface area contributed by atoms with Gasteiger partial charge in [0.25, 0.3) is 0 Å². The van der Waals surface area contributed by atoms with Crippen molar-refractivity contribution in [3.05, 3.63) is 40.8 Å². The quantitative estimate of drug-likeness (QED) is 0.799. The van der Waals surface area contributed by atoms with Gasteiger partial charge in [-0.1, -0.05) is 25.4 Å². The third kappa shape index (κ3) is 2.25. The van der Waals surface area contributed by atoms with Crippen LogP contribution in [0.5, 0.6) is 0 Å². The summed E-state index contributed by atoms with van der Waals surface area (Å²) in [5, 5.41) is 5.14. The van der Waals surface area contributed by atoms with Gasteiger partial charge in [0.05, 0.1) is 5.69 Å². The van der Waals surface area contributed by atoms with Crippen LogP contribution in [-0.4, -0.2) is 14.8 Å². The number of halogens is 1. The van der Waals surface area contributed by atoms with Crippen LogP contribution in [0.4, 0.5) is 0 Å². The number of hydrogen-bond acceptors (Lipinski definition) is 2. The van der Waals surface area contributed by atoms with Crippen molar-refractivity contribution in [1.29, 1.82) is 0 Å². The second-order valence-electron chi connectivity index (χ2n) is 4.12. The summed E-state index contributed by atoms with van der Waals surface area (Å²) in [5.74, 6) is 1.18. The largest absolute Gasteiger partial charge is 0.234 e. The van der Waals surface area contributed by atoms with Crippen molar-refractivity contribution < 1.29 is 0 Å². The fraction of sp³-hybridized carbons (Fsp3) is 0.333. The lowest BCUT2D eigenvalue weighted by Gasteiger charge is -2.03. The van der Waals surface area contributed by atoms with Crippen LogP contribution in [-0.2, 0) is 0 Å². The van der Waals surface area contributed by atoms with E-state index in [4.69, 9.17) is 11.6 Å². The smallest absolute Gasteiger partial charge is 0.155 e. The van der Waals surface area contributed by atoms with Gasteiger partial charge in [0, 0.05) is 23.0 Å². The normalized spacial score (nSPS) is 11.1. The van der Waals surface area contributed by atoms with E-state index in [9.17, 15) is 0 Å². The molecule has 0 aliphatic carbocycles. The average molecular weight is 236 g/mol. The van der Waals surface area contributed by atoms with Crippen molar-refractivity contribution in [1.82, 2.24) is 14.8 Å². The molecule has 0 atom stereocenters. The highest BCUT2D eigenvalue weighted by atomic mass is 35.5. The minimum Gasteiger partial charge on any atom is -0.234 e. The Hall–Kier alpha value is -1.35. The molecule has 84 valence electrons. The molecule has 0 bridgehead atoms. The highest BCUT2D eigenvalue weighted by molar-refractivity contribution is 6.30. The maximum atomic E-state index is 5.99. The summed E-state index contributed by atoms with van der Waals surface area (Å²) in [7, 11) is 0. The zero-order valence-corrected chi connectivity index (χ0v) is 10.4. The van der Waals surface area contributed by atoms with E-state index in [0.29, 0.717) is 10.9 Å². The molecule has 2 heterocycles. The monoisotopic (exact) mass is 235 g/mol. The lowest BCUT2D eigenvalue weighted by Crippen LogP contribution is -2.00. The summed E-state index contributed by atoms with van der Waals surface area (Å²) in [5.41, 5.74) is 1.95. The summed E-state index contributed by atoms with van der Waals surface area (Å²) in [6, 6.07) is 5.64. The number of rotatable bonds is 2. The average Bonchev–Trinajstić information content (AvgIpc) is 2.64. The molecule has 0 N–H and O–H groups in total. The Balaban J connectivity index is 2.42. The molecular formula is C12H14ClN3. The molecule has 0 saturated heterocycles. The minimum atomic E-state index is 0.418. The van der Waals surface area contributed by atoms with Crippen LogP contribution in [0.25, 0.3) is 5.82 Å². The first kappa shape index (κ1) is 11.1. The fourth-order valence-corrected chi connectivity index (χ4v) is 1.76. The second kappa shape index (κ2) is 4.26. The zero-order valence-electron chi connectivity index (χ0n) is 9.61. The van der Waals surface area contributed by atoms with Crippen LogP contribution < -0.4 is 0 Å². The Morgan fingerprint density at radius 3 is 2.62 bits per heavy atom. The highest BCUT2D eigenvalue weighted by Gasteiger charge is 2.06. The van der Waals surface area contributed by atoms with E-state index in [1.54, 1.807) is 4.68 Å². The lowest BCUT2D eigenvalue weighted by atomic mass is 10.1. The van der Waals surface area contributed by atoms with E-state index < -0.39 is 0 Å². The topological polar surface area (TPSA) is 30.7 Å². The molecule has 0 amide bonds. The maximum Gasteiger partial charge on any atom is 0.155 e. The first-order valence-corrected chi connectivity index (χ1v) is 5.64. The number of hydrogen-bond donors (Lipinski definition) is 0. The van der Waals surface area contributed by atoms with Gasteiger partial charge >= 0.3 is 0 Å². The van der Waals surface area contributed by atoms with Gasteiger partial charge in [-0.3, -0.25) is 0 Å². The van der Waals surface area contributed by atoms with Gasteiger partial charge in [-0.2, -0.15) is 5.10 Å². The molecule has 2 aromatic rings. The molecule has 0 fully saturated rings. The molecule has 0 aromatic carbocycles. The summed E-state index contributed by atoms with van der Waals surface area (Å²) >= 11 is 5.99. The Labute approximate surface area is 100 Å². The van der Waals surface area contributed by atoms with Crippen molar-refractivity contribution in [2.45, 2.75) is 26.7 Å². The number of aromatic nitrogens is 3. The molecule has 0 aliphatic heterocycles. The Kier molecular flexibility index (Phi) is 2.97. The Morgan fingerprint density at radius 1 is 1.31 bits per heavy atom. The van der Waals surface area contributed by atoms with Crippen LogP contribution in [0.3, 0.4) is 0 Å². The molecule has 4 heteroatoms. The van der Waals surface area contributed by atoms with Crippen LogP contribution in [0.15, 0.2) is 24.4 Å². The lowest BCUT2D eigenvalue weighted by molar-refractivity contribution is 0.756. The van der Waals surface area contributed by atoms with Crippen molar-refractivity contribution in [3.8, 4) is 5.82 Å². The number of nitrogens with zero attached hydrogens (tertiary/aromatic N) is 3. The van der Waals surface area contributed by atoms with Gasteiger partial charge in [-0.05, 0) is 25.0 Å². The molecule has 3 nitrogen and oxygen atoms in total. The second-order valence-corrected chi connectivity index (χ2v) is 4.56. The van der Waals surface area contributed by atoms with Crippen LogP contribution in [0.1, 0.15) is 31.2 Å². The van der Waals surface area contributed by atoms with Crippen molar-refractivity contribution in [2.24, 2.45) is 0 Å². The molecule has 0 aliphatic rings. The first-order valence-electron chi connectivity index (χ1n) is 5.26. The molecule has 0 spiro atoms. The highest BCUT2D eigenvalue weighted by Crippen LogP contribution is 2.16. The molecule has 0 saturated carbocycles. The number of pyridine rings is 1. The molecule has 2 aromatic heterocycles. The van der Waals surface area contributed by atoms with E-state index in [2.05, 4.69) is 23.9 Å². The van der Waals surface area contributed by atoms with E-state index in [-0.39, 0.29) is 0 Å². The standard InChI is InChI=1S/C12H14ClN3/c1-8(2)11-4-5-16(15-11)12-7-10(13)6-9(3)14-12/h4-8H,1-3H3.